The molecule has 0 aliphatic carbocycles. The van der Waals surface area contributed by atoms with Crippen LogP contribution >= 0.6 is 0 Å². The van der Waals surface area contributed by atoms with Gasteiger partial charge in [0, 0.05) is 0 Å². The van der Waals surface area contributed by atoms with Gasteiger partial charge in [0.25, 0.3) is 0 Å². The zero-order valence-corrected chi connectivity index (χ0v) is 11.6. The summed E-state index contributed by atoms with van der Waals surface area (Å²) in [7, 11) is -3.37. The number of para-hydroxylation sites is 1. The molecule has 0 spiro atoms. The van der Waals surface area contributed by atoms with Crippen LogP contribution < -0.4 is 10.5 Å². The average molecular weight is 256 g/mol. The molecule has 0 unspecified atom stereocenters. The van der Waals surface area contributed by atoms with Gasteiger partial charge in [-0.3, -0.25) is 4.72 Å². The quantitative estimate of drug-likeness (QED) is 0.815. The highest BCUT2D eigenvalue weighted by Gasteiger charge is 2.22. The molecule has 0 aliphatic rings. The highest BCUT2D eigenvalue weighted by Crippen LogP contribution is 2.25. The van der Waals surface area contributed by atoms with Crippen molar-refractivity contribution in [2.45, 2.75) is 27.7 Å². The molecule has 0 bridgehead atoms. The van der Waals surface area contributed by atoms with E-state index in [9.17, 15) is 8.42 Å². The molecule has 0 heterocycles. The lowest BCUT2D eigenvalue weighted by Gasteiger charge is -2.20. The van der Waals surface area contributed by atoms with Crippen LogP contribution in [0.1, 0.15) is 26.3 Å². The van der Waals surface area contributed by atoms with E-state index in [4.69, 9.17) is 5.73 Å². The Balaban J connectivity index is 2.99. The molecule has 1 aromatic rings. The lowest BCUT2D eigenvalue weighted by molar-refractivity contribution is 0.463. The Morgan fingerprint density at radius 1 is 1.29 bits per heavy atom. The van der Waals surface area contributed by atoms with E-state index in [1.165, 1.54) is 0 Å². The van der Waals surface area contributed by atoms with Crippen molar-refractivity contribution in [2.24, 2.45) is 5.41 Å². The smallest absolute Gasteiger partial charge is 0.233 e. The Kier molecular flexibility index (Phi) is 3.71. The van der Waals surface area contributed by atoms with Crippen molar-refractivity contribution in [3.63, 3.8) is 0 Å². The van der Waals surface area contributed by atoms with Crippen LogP contribution in [0.5, 0.6) is 0 Å². The van der Waals surface area contributed by atoms with E-state index >= 15 is 0 Å². The molecule has 96 valence electrons. The van der Waals surface area contributed by atoms with Crippen molar-refractivity contribution in [1.82, 2.24) is 0 Å². The van der Waals surface area contributed by atoms with E-state index in [0.717, 1.165) is 5.56 Å². The summed E-state index contributed by atoms with van der Waals surface area (Å²) in [5, 5.41) is 0. The predicted molar refractivity (Wildman–Crippen MR) is 72.5 cm³/mol. The zero-order chi connectivity index (χ0) is 13.3. The van der Waals surface area contributed by atoms with E-state index in [1.807, 2.05) is 33.8 Å². The molecule has 17 heavy (non-hydrogen) atoms. The third-order valence-electron chi connectivity index (χ3n) is 2.19. The van der Waals surface area contributed by atoms with Gasteiger partial charge in [0.05, 0.1) is 17.1 Å². The number of hydrogen-bond donors (Lipinski definition) is 2. The molecular weight excluding hydrogens is 236 g/mol. The summed E-state index contributed by atoms with van der Waals surface area (Å²) < 4.78 is 26.5. The number of benzene rings is 1. The van der Waals surface area contributed by atoms with E-state index < -0.39 is 10.0 Å². The van der Waals surface area contributed by atoms with Crippen LogP contribution in [-0.2, 0) is 10.0 Å². The first-order valence-electron chi connectivity index (χ1n) is 5.46. The Hall–Kier alpha value is -1.23. The summed E-state index contributed by atoms with van der Waals surface area (Å²) in [5.74, 6) is 0.0633. The second kappa shape index (κ2) is 4.56. The fourth-order valence-corrected chi connectivity index (χ4v) is 3.39. The largest absolute Gasteiger partial charge is 0.397 e. The van der Waals surface area contributed by atoms with Gasteiger partial charge in [0.15, 0.2) is 0 Å². The first-order chi connectivity index (χ1) is 7.61. The first-order valence-corrected chi connectivity index (χ1v) is 7.11. The summed E-state index contributed by atoms with van der Waals surface area (Å²) in [5.41, 5.74) is 7.23. The SMILES string of the molecule is Cc1cccc(N)c1NS(=O)(=O)CC(C)(C)C. The molecule has 1 rings (SSSR count). The van der Waals surface area contributed by atoms with E-state index in [0.29, 0.717) is 11.4 Å². The van der Waals surface area contributed by atoms with E-state index in [1.54, 1.807) is 12.1 Å². The fourth-order valence-electron chi connectivity index (χ4n) is 1.59. The standard InChI is InChI=1S/C12H20N2O2S/c1-9-6-5-7-10(13)11(9)14-17(15,16)8-12(2,3)4/h5-7,14H,8,13H2,1-4H3. The summed E-state index contributed by atoms with van der Waals surface area (Å²) in [6, 6.07) is 5.31. The highest BCUT2D eigenvalue weighted by molar-refractivity contribution is 7.92. The Morgan fingerprint density at radius 2 is 1.88 bits per heavy atom. The molecule has 0 radical (unpaired) electrons. The van der Waals surface area contributed by atoms with Gasteiger partial charge in [-0.25, -0.2) is 8.42 Å². The average Bonchev–Trinajstić information content (AvgIpc) is 2.07. The van der Waals surface area contributed by atoms with Gasteiger partial charge in [-0.1, -0.05) is 32.9 Å². The van der Waals surface area contributed by atoms with Crippen LogP contribution in [0.15, 0.2) is 18.2 Å². The van der Waals surface area contributed by atoms with Gasteiger partial charge in [0.1, 0.15) is 0 Å². The maximum absolute atomic E-state index is 12.0. The first kappa shape index (κ1) is 13.8. The van der Waals surface area contributed by atoms with E-state index in [-0.39, 0.29) is 11.2 Å². The maximum Gasteiger partial charge on any atom is 0.233 e. The summed E-state index contributed by atoms with van der Waals surface area (Å²) >= 11 is 0. The molecule has 5 heteroatoms. The number of nitrogen functional groups attached to an aromatic ring is 1. The number of nitrogens with one attached hydrogen (secondary N) is 1. The monoisotopic (exact) mass is 256 g/mol. The molecule has 1 aromatic carbocycles. The molecule has 0 saturated heterocycles. The van der Waals surface area contributed by atoms with Crippen LogP contribution in [0.3, 0.4) is 0 Å². The third kappa shape index (κ3) is 4.26. The molecule has 0 saturated carbocycles. The van der Waals surface area contributed by atoms with Crippen molar-refractivity contribution in [3.05, 3.63) is 23.8 Å². The lowest BCUT2D eigenvalue weighted by atomic mass is 10.0. The highest BCUT2D eigenvalue weighted by atomic mass is 32.2. The van der Waals surface area contributed by atoms with Gasteiger partial charge in [-0.05, 0) is 24.0 Å². The van der Waals surface area contributed by atoms with Gasteiger partial charge < -0.3 is 5.73 Å². The summed E-state index contributed by atoms with van der Waals surface area (Å²) in [6.45, 7) is 7.47. The van der Waals surface area contributed by atoms with Crippen molar-refractivity contribution >= 4 is 21.4 Å². The van der Waals surface area contributed by atoms with E-state index in [2.05, 4.69) is 4.72 Å². The number of anilines is 2. The topological polar surface area (TPSA) is 72.2 Å². The van der Waals surface area contributed by atoms with Crippen molar-refractivity contribution in [1.29, 1.82) is 0 Å². The summed E-state index contributed by atoms with van der Waals surface area (Å²) in [4.78, 5) is 0. The number of rotatable bonds is 3. The molecule has 0 aliphatic heterocycles. The Labute approximate surface area is 103 Å². The van der Waals surface area contributed by atoms with Gasteiger partial charge in [-0.15, -0.1) is 0 Å². The minimum atomic E-state index is -3.37. The molecule has 0 fully saturated rings. The zero-order valence-electron chi connectivity index (χ0n) is 10.7. The fraction of sp³-hybridized carbons (Fsp3) is 0.500. The molecule has 0 aromatic heterocycles. The molecule has 3 N–H and O–H groups in total. The lowest BCUT2D eigenvalue weighted by Crippen LogP contribution is -2.26. The van der Waals surface area contributed by atoms with Crippen molar-refractivity contribution in [2.75, 3.05) is 16.2 Å². The minimum absolute atomic E-state index is 0.0633. The number of sulfonamides is 1. The summed E-state index contributed by atoms with van der Waals surface area (Å²) in [6.07, 6.45) is 0. The predicted octanol–water partition coefficient (Wildman–Crippen LogP) is 2.37. The van der Waals surface area contributed by atoms with Gasteiger partial charge in [0.2, 0.25) is 10.0 Å². The molecule has 0 atom stereocenters. The molecule has 0 amide bonds. The third-order valence-corrected chi connectivity index (χ3v) is 3.95. The van der Waals surface area contributed by atoms with Crippen molar-refractivity contribution in [3.8, 4) is 0 Å². The number of hydrogen-bond acceptors (Lipinski definition) is 3. The Bertz CT molecular complexity index is 481. The van der Waals surface area contributed by atoms with Gasteiger partial charge >= 0.3 is 0 Å². The second-order valence-corrected chi connectivity index (χ2v) is 7.18. The van der Waals surface area contributed by atoms with Crippen LogP contribution in [-0.4, -0.2) is 14.2 Å². The van der Waals surface area contributed by atoms with Crippen LogP contribution in [0.25, 0.3) is 0 Å². The molecule has 4 nitrogen and oxygen atoms in total. The van der Waals surface area contributed by atoms with Crippen LogP contribution in [0.4, 0.5) is 11.4 Å². The normalized spacial score (nSPS) is 12.5. The van der Waals surface area contributed by atoms with Crippen LogP contribution in [0, 0.1) is 12.3 Å². The van der Waals surface area contributed by atoms with Crippen molar-refractivity contribution < 1.29 is 8.42 Å². The Morgan fingerprint density at radius 3 is 2.35 bits per heavy atom. The maximum atomic E-state index is 12.0. The molecular formula is C12H20N2O2S. The second-order valence-electron chi connectivity index (χ2n) is 5.46. The van der Waals surface area contributed by atoms with Gasteiger partial charge in [-0.2, -0.15) is 0 Å². The number of aryl methyl sites for hydroxylation is 1. The van der Waals surface area contributed by atoms with Crippen LogP contribution in [0.2, 0.25) is 0 Å². The minimum Gasteiger partial charge on any atom is -0.397 e. The number of nitrogens with two attached hydrogens (primary N) is 1.